The monoisotopic (exact) mass is 382 g/mol. The molecule has 0 radical (unpaired) electrons. The topological polar surface area (TPSA) is 121 Å². The first kappa shape index (κ1) is 16.2. The number of hydrogen-bond acceptors (Lipinski definition) is 11. The first-order valence-electron chi connectivity index (χ1n) is 6.22. The van der Waals surface area contributed by atoms with Crippen molar-refractivity contribution in [2.24, 2.45) is 0 Å². The lowest BCUT2D eigenvalue weighted by Crippen LogP contribution is -2.13. The maximum atomic E-state index is 12.8. The maximum Gasteiger partial charge on any atom is 0.203 e. The standard InChI is InChI=1S/C12H10N6OS4/c13-9-15-17-11(22-9)20-8(21-12-18-16-10(14)23-12)7(19)6-4-2-1-3-5-6/h1-5,8H,(H2,13,15)(H2,14,16). The molecule has 2 aromatic heterocycles. The van der Waals surface area contributed by atoms with Crippen molar-refractivity contribution in [2.75, 3.05) is 11.5 Å². The fourth-order valence-electron chi connectivity index (χ4n) is 1.59. The zero-order valence-electron chi connectivity index (χ0n) is 11.4. The van der Waals surface area contributed by atoms with E-state index in [2.05, 4.69) is 20.4 Å². The Hall–Kier alpha value is -1.69. The molecule has 0 aliphatic rings. The number of anilines is 2. The molecule has 0 aliphatic heterocycles. The summed E-state index contributed by atoms with van der Waals surface area (Å²) in [6.45, 7) is 0. The summed E-state index contributed by atoms with van der Waals surface area (Å²) in [6, 6.07) is 9.07. The van der Waals surface area contributed by atoms with Gasteiger partial charge in [0.25, 0.3) is 0 Å². The molecule has 0 bridgehead atoms. The molecule has 7 nitrogen and oxygen atoms in total. The third-order valence-corrected chi connectivity index (χ3v) is 6.70. The minimum absolute atomic E-state index is 0.0388. The van der Waals surface area contributed by atoms with Crippen LogP contribution in [-0.4, -0.2) is 30.8 Å². The predicted molar refractivity (Wildman–Crippen MR) is 94.9 cm³/mol. The quantitative estimate of drug-likeness (QED) is 0.376. The summed E-state index contributed by atoms with van der Waals surface area (Å²) < 4.78 is 0.778. The minimum Gasteiger partial charge on any atom is -0.374 e. The van der Waals surface area contributed by atoms with Crippen LogP contribution in [0.15, 0.2) is 39.0 Å². The number of ketones is 1. The SMILES string of the molecule is Nc1nnc(SC(Sc2nnc(N)s2)C(=O)c2ccccc2)s1. The Bertz CT molecular complexity index is 763. The third kappa shape index (κ3) is 4.19. The van der Waals surface area contributed by atoms with Crippen LogP contribution in [0.2, 0.25) is 0 Å². The second-order valence-corrected chi connectivity index (χ2v) is 9.13. The lowest BCUT2D eigenvalue weighted by atomic mass is 10.1. The number of Topliss-reactive ketones (excluding diaryl/α,β-unsaturated/α-hetero) is 1. The van der Waals surface area contributed by atoms with E-state index in [4.69, 9.17) is 11.5 Å². The van der Waals surface area contributed by atoms with Gasteiger partial charge in [-0.05, 0) is 0 Å². The molecule has 11 heteroatoms. The summed E-state index contributed by atoms with van der Waals surface area (Å²) in [5, 5.41) is 16.2. The number of benzene rings is 1. The first-order valence-corrected chi connectivity index (χ1v) is 9.61. The van der Waals surface area contributed by atoms with Crippen LogP contribution in [0.1, 0.15) is 10.4 Å². The van der Waals surface area contributed by atoms with Crippen LogP contribution in [0.5, 0.6) is 0 Å². The van der Waals surface area contributed by atoms with E-state index in [1.807, 2.05) is 18.2 Å². The number of aromatic nitrogens is 4. The molecule has 118 valence electrons. The summed E-state index contributed by atoms with van der Waals surface area (Å²) in [7, 11) is 0. The highest BCUT2D eigenvalue weighted by Crippen LogP contribution is 2.40. The fourth-order valence-corrected chi connectivity index (χ4v) is 5.88. The number of nitrogen functional groups attached to an aromatic ring is 2. The van der Waals surface area contributed by atoms with Crippen LogP contribution >= 0.6 is 46.2 Å². The van der Waals surface area contributed by atoms with Crippen molar-refractivity contribution in [1.29, 1.82) is 0 Å². The lowest BCUT2D eigenvalue weighted by molar-refractivity contribution is 0.101. The van der Waals surface area contributed by atoms with Crippen LogP contribution in [0.25, 0.3) is 0 Å². The van der Waals surface area contributed by atoms with Crippen molar-refractivity contribution < 1.29 is 4.79 Å². The van der Waals surface area contributed by atoms with Crippen LogP contribution in [0.3, 0.4) is 0 Å². The number of thioether (sulfide) groups is 2. The highest BCUT2D eigenvalue weighted by Gasteiger charge is 2.26. The smallest absolute Gasteiger partial charge is 0.203 e. The molecular formula is C12H10N6OS4. The molecule has 0 amide bonds. The fraction of sp³-hybridized carbons (Fsp3) is 0.0833. The van der Waals surface area contributed by atoms with Crippen molar-refractivity contribution in [2.45, 2.75) is 13.3 Å². The Labute approximate surface area is 147 Å². The van der Waals surface area contributed by atoms with Gasteiger partial charge in [-0.1, -0.05) is 76.5 Å². The van der Waals surface area contributed by atoms with Gasteiger partial charge in [0.15, 0.2) is 14.5 Å². The Kier molecular flexibility index (Phi) is 5.10. The Balaban J connectivity index is 1.84. The van der Waals surface area contributed by atoms with Crippen LogP contribution in [0, 0.1) is 0 Å². The van der Waals surface area contributed by atoms with Gasteiger partial charge >= 0.3 is 0 Å². The highest BCUT2D eigenvalue weighted by atomic mass is 32.2. The zero-order chi connectivity index (χ0) is 16.2. The van der Waals surface area contributed by atoms with Crippen LogP contribution in [0.4, 0.5) is 10.3 Å². The molecule has 4 N–H and O–H groups in total. The molecule has 0 fully saturated rings. The van der Waals surface area contributed by atoms with Gasteiger partial charge in [-0.25, -0.2) is 0 Å². The molecule has 0 unspecified atom stereocenters. The minimum atomic E-state index is -0.475. The Morgan fingerprint density at radius 3 is 1.87 bits per heavy atom. The summed E-state index contributed by atoms with van der Waals surface area (Å²) in [6.07, 6.45) is 0. The summed E-state index contributed by atoms with van der Waals surface area (Å²) in [5.74, 6) is -0.0388. The van der Waals surface area contributed by atoms with E-state index in [0.717, 1.165) is 0 Å². The van der Waals surface area contributed by atoms with Crippen LogP contribution in [-0.2, 0) is 0 Å². The molecule has 3 rings (SSSR count). The number of nitrogens with zero attached hydrogens (tertiary/aromatic N) is 4. The maximum absolute atomic E-state index is 12.8. The number of rotatable bonds is 6. The molecular weight excluding hydrogens is 372 g/mol. The zero-order valence-corrected chi connectivity index (χ0v) is 14.7. The van der Waals surface area contributed by atoms with Crippen molar-refractivity contribution >= 4 is 62.2 Å². The average Bonchev–Trinajstić information content (AvgIpc) is 3.15. The second kappa shape index (κ2) is 7.25. The molecule has 23 heavy (non-hydrogen) atoms. The van der Waals surface area contributed by atoms with E-state index in [0.29, 0.717) is 24.5 Å². The van der Waals surface area contributed by atoms with E-state index in [9.17, 15) is 4.79 Å². The Morgan fingerprint density at radius 1 is 0.913 bits per heavy atom. The molecule has 0 spiro atoms. The lowest BCUT2D eigenvalue weighted by Gasteiger charge is -2.11. The van der Waals surface area contributed by atoms with E-state index < -0.39 is 4.58 Å². The third-order valence-electron chi connectivity index (χ3n) is 2.53. The van der Waals surface area contributed by atoms with Gasteiger partial charge in [0.2, 0.25) is 10.3 Å². The van der Waals surface area contributed by atoms with Gasteiger partial charge in [0.05, 0.1) is 0 Å². The number of carbonyl (C=O) groups excluding carboxylic acids is 1. The van der Waals surface area contributed by atoms with Gasteiger partial charge in [-0.15, -0.1) is 20.4 Å². The predicted octanol–water partition coefficient (Wildman–Crippen LogP) is 2.65. The molecule has 0 saturated heterocycles. The summed E-state index contributed by atoms with van der Waals surface area (Å²) in [5.41, 5.74) is 11.8. The van der Waals surface area contributed by atoms with Gasteiger partial charge in [0.1, 0.15) is 4.58 Å². The highest BCUT2D eigenvalue weighted by molar-refractivity contribution is 8.19. The van der Waals surface area contributed by atoms with Crippen LogP contribution < -0.4 is 11.5 Å². The van der Waals surface area contributed by atoms with Crippen molar-refractivity contribution in [3.8, 4) is 0 Å². The normalized spacial score (nSPS) is 11.0. The second-order valence-electron chi connectivity index (χ2n) is 4.11. The average molecular weight is 383 g/mol. The summed E-state index contributed by atoms with van der Waals surface area (Å²) in [4.78, 5) is 12.8. The number of nitrogens with two attached hydrogens (primary N) is 2. The molecule has 2 heterocycles. The van der Waals surface area contributed by atoms with Crippen molar-refractivity contribution in [1.82, 2.24) is 20.4 Å². The van der Waals surface area contributed by atoms with Gasteiger partial charge in [-0.3, -0.25) is 4.79 Å². The van der Waals surface area contributed by atoms with Gasteiger partial charge in [-0.2, -0.15) is 0 Å². The van der Waals surface area contributed by atoms with Crippen molar-refractivity contribution in [3.05, 3.63) is 35.9 Å². The molecule has 3 aromatic rings. The Morgan fingerprint density at radius 2 is 1.43 bits per heavy atom. The molecule has 0 aliphatic carbocycles. The molecule has 0 atom stereocenters. The van der Waals surface area contributed by atoms with E-state index in [1.165, 1.54) is 46.2 Å². The first-order chi connectivity index (χ1) is 11.1. The molecule has 0 saturated carbocycles. The van der Waals surface area contributed by atoms with E-state index in [-0.39, 0.29) is 5.78 Å². The number of carbonyl (C=O) groups is 1. The van der Waals surface area contributed by atoms with Gasteiger partial charge in [0, 0.05) is 5.56 Å². The number of hydrogen-bond donors (Lipinski definition) is 2. The van der Waals surface area contributed by atoms with E-state index in [1.54, 1.807) is 12.1 Å². The summed E-state index contributed by atoms with van der Waals surface area (Å²) >= 11 is 5.07. The molecule has 1 aromatic carbocycles. The largest absolute Gasteiger partial charge is 0.374 e. The van der Waals surface area contributed by atoms with Crippen molar-refractivity contribution in [3.63, 3.8) is 0 Å². The van der Waals surface area contributed by atoms with E-state index >= 15 is 0 Å². The van der Waals surface area contributed by atoms with Gasteiger partial charge < -0.3 is 11.5 Å².